The summed E-state index contributed by atoms with van der Waals surface area (Å²) in [5, 5.41) is 10.2. The van der Waals surface area contributed by atoms with E-state index in [2.05, 4.69) is 0 Å². The van der Waals surface area contributed by atoms with E-state index >= 15 is 0 Å². The van der Waals surface area contributed by atoms with Crippen LogP contribution < -0.4 is 0 Å². The predicted octanol–water partition coefficient (Wildman–Crippen LogP) is 2.20. The molecule has 0 unspecified atom stereocenters. The van der Waals surface area contributed by atoms with Gasteiger partial charge in [0.25, 0.3) is 5.91 Å². The number of benzene rings is 1. The van der Waals surface area contributed by atoms with Crippen LogP contribution in [0, 0.1) is 0 Å². The number of carbonyl (C=O) groups is 1. The summed E-state index contributed by atoms with van der Waals surface area (Å²) in [6, 6.07) is 4.79. The Kier molecular flexibility index (Phi) is 3.38. The highest BCUT2D eigenvalue weighted by Crippen LogP contribution is 2.24. The molecule has 1 amide bonds. The number of nitrogens with zero attached hydrogens (tertiary/aromatic N) is 1. The molecular formula is C11H11Cl2NO2. The molecule has 1 heterocycles. The molecule has 0 saturated carbocycles. The molecule has 2 rings (SSSR count). The van der Waals surface area contributed by atoms with Crippen LogP contribution in [0.2, 0.25) is 10.0 Å². The fourth-order valence-electron chi connectivity index (χ4n) is 1.74. The monoisotopic (exact) mass is 259 g/mol. The van der Waals surface area contributed by atoms with Gasteiger partial charge in [-0.15, -0.1) is 0 Å². The fraction of sp³-hybridized carbons (Fsp3) is 0.364. The van der Waals surface area contributed by atoms with Crippen molar-refractivity contribution in [2.45, 2.75) is 12.5 Å². The molecule has 1 aromatic rings. The minimum Gasteiger partial charge on any atom is -0.391 e. The average Bonchev–Trinajstić information content (AvgIpc) is 2.68. The van der Waals surface area contributed by atoms with Crippen molar-refractivity contribution in [3.05, 3.63) is 33.8 Å². The second-order valence-electron chi connectivity index (χ2n) is 3.82. The molecule has 1 fully saturated rings. The molecule has 16 heavy (non-hydrogen) atoms. The summed E-state index contributed by atoms with van der Waals surface area (Å²) in [4.78, 5) is 13.6. The smallest absolute Gasteiger partial charge is 0.253 e. The third-order valence-corrected chi connectivity index (χ3v) is 3.36. The zero-order valence-electron chi connectivity index (χ0n) is 8.49. The summed E-state index contributed by atoms with van der Waals surface area (Å²) in [6.45, 7) is 0.972. The highest BCUT2D eigenvalue weighted by atomic mass is 35.5. The molecule has 3 nitrogen and oxygen atoms in total. The van der Waals surface area contributed by atoms with Gasteiger partial charge in [0.05, 0.1) is 16.1 Å². The minimum absolute atomic E-state index is 0.116. The zero-order valence-corrected chi connectivity index (χ0v) is 10.0. The molecule has 1 N–H and O–H groups in total. The summed E-state index contributed by atoms with van der Waals surface area (Å²) in [5.41, 5.74) is 0.503. The van der Waals surface area contributed by atoms with Gasteiger partial charge in [-0.25, -0.2) is 0 Å². The number of hydrogen-bond donors (Lipinski definition) is 1. The number of aliphatic hydroxyl groups excluding tert-OH is 1. The Labute approximate surface area is 104 Å². The maximum Gasteiger partial charge on any atom is 0.253 e. The lowest BCUT2D eigenvalue weighted by molar-refractivity contribution is 0.0765. The number of carbonyl (C=O) groups excluding carboxylic acids is 1. The normalized spacial score (nSPS) is 20.2. The van der Waals surface area contributed by atoms with Crippen molar-refractivity contribution in [2.24, 2.45) is 0 Å². The summed E-state index contributed by atoms with van der Waals surface area (Å²) in [6.07, 6.45) is 0.222. The predicted molar refractivity (Wildman–Crippen MR) is 63.0 cm³/mol. The van der Waals surface area contributed by atoms with Crippen LogP contribution in [0.25, 0.3) is 0 Å². The topological polar surface area (TPSA) is 40.5 Å². The molecule has 1 aromatic carbocycles. The van der Waals surface area contributed by atoms with Gasteiger partial charge in [0.1, 0.15) is 0 Å². The average molecular weight is 260 g/mol. The van der Waals surface area contributed by atoms with Gasteiger partial charge in [0.15, 0.2) is 0 Å². The number of β-amino-alcohol motifs (C(OH)–C–C–N with tert-alkyl or cyclic N) is 1. The number of hydrogen-bond acceptors (Lipinski definition) is 2. The standard InChI is InChI=1S/C11H11Cl2NO2/c12-9-2-1-7(5-10(9)13)11(16)14-4-3-8(15)6-14/h1-2,5,8,15H,3-4,6H2/t8-/m0/s1. The molecule has 86 valence electrons. The minimum atomic E-state index is -0.410. The molecular weight excluding hydrogens is 249 g/mol. The van der Waals surface area contributed by atoms with Gasteiger partial charge in [0.2, 0.25) is 0 Å². The number of rotatable bonds is 1. The number of halogens is 2. The van der Waals surface area contributed by atoms with Crippen LogP contribution in [0.4, 0.5) is 0 Å². The number of amides is 1. The Balaban J connectivity index is 2.18. The van der Waals surface area contributed by atoms with Crippen molar-refractivity contribution < 1.29 is 9.90 Å². The molecule has 0 aliphatic carbocycles. The van der Waals surface area contributed by atoms with E-state index in [1.807, 2.05) is 0 Å². The molecule has 0 spiro atoms. The third kappa shape index (κ3) is 2.32. The van der Waals surface area contributed by atoms with Gasteiger partial charge in [-0.05, 0) is 24.6 Å². The van der Waals surface area contributed by atoms with E-state index < -0.39 is 6.10 Å². The Hall–Kier alpha value is -0.770. The van der Waals surface area contributed by atoms with Gasteiger partial charge in [-0.2, -0.15) is 0 Å². The van der Waals surface area contributed by atoms with E-state index in [1.165, 1.54) is 0 Å². The molecule has 0 bridgehead atoms. The van der Waals surface area contributed by atoms with Gasteiger partial charge >= 0.3 is 0 Å². The van der Waals surface area contributed by atoms with Gasteiger partial charge in [0, 0.05) is 18.7 Å². The zero-order chi connectivity index (χ0) is 11.7. The van der Waals surface area contributed by atoms with E-state index in [0.717, 1.165) is 0 Å². The lowest BCUT2D eigenvalue weighted by Gasteiger charge is -2.15. The number of aliphatic hydroxyl groups is 1. The summed E-state index contributed by atoms with van der Waals surface area (Å²) in [5.74, 6) is -0.116. The number of likely N-dealkylation sites (tertiary alicyclic amines) is 1. The highest BCUT2D eigenvalue weighted by Gasteiger charge is 2.25. The molecule has 0 aromatic heterocycles. The van der Waals surface area contributed by atoms with Crippen LogP contribution in [-0.4, -0.2) is 35.1 Å². The maximum absolute atomic E-state index is 12.0. The van der Waals surface area contributed by atoms with Crippen LogP contribution in [0.5, 0.6) is 0 Å². The van der Waals surface area contributed by atoms with E-state index in [4.69, 9.17) is 23.2 Å². The fourth-order valence-corrected chi connectivity index (χ4v) is 2.04. The van der Waals surface area contributed by atoms with Crippen molar-refractivity contribution in [3.63, 3.8) is 0 Å². The van der Waals surface area contributed by atoms with Crippen LogP contribution in [-0.2, 0) is 0 Å². The van der Waals surface area contributed by atoms with E-state index in [1.54, 1.807) is 23.1 Å². The molecule has 1 atom stereocenters. The summed E-state index contributed by atoms with van der Waals surface area (Å²) in [7, 11) is 0. The van der Waals surface area contributed by atoms with Crippen LogP contribution in [0.1, 0.15) is 16.8 Å². The highest BCUT2D eigenvalue weighted by molar-refractivity contribution is 6.42. The third-order valence-electron chi connectivity index (χ3n) is 2.62. The van der Waals surface area contributed by atoms with Gasteiger partial charge in [-0.1, -0.05) is 23.2 Å². The largest absolute Gasteiger partial charge is 0.391 e. The first-order chi connectivity index (χ1) is 7.58. The second kappa shape index (κ2) is 4.62. The SMILES string of the molecule is O=C(c1ccc(Cl)c(Cl)c1)N1CC[C@H](O)C1. The lowest BCUT2D eigenvalue weighted by atomic mass is 10.2. The van der Waals surface area contributed by atoms with Gasteiger partial charge in [-0.3, -0.25) is 4.79 Å². The molecule has 0 radical (unpaired) electrons. The Morgan fingerprint density at radius 2 is 2.12 bits per heavy atom. The quantitative estimate of drug-likeness (QED) is 0.840. The second-order valence-corrected chi connectivity index (χ2v) is 4.64. The van der Waals surface area contributed by atoms with Crippen LogP contribution in [0.3, 0.4) is 0 Å². The summed E-state index contributed by atoms with van der Waals surface area (Å²) >= 11 is 11.6. The van der Waals surface area contributed by atoms with Crippen molar-refractivity contribution in [1.29, 1.82) is 0 Å². The summed E-state index contributed by atoms with van der Waals surface area (Å²) < 4.78 is 0. The Bertz CT molecular complexity index is 422. The van der Waals surface area contributed by atoms with Gasteiger partial charge < -0.3 is 10.0 Å². The Morgan fingerprint density at radius 3 is 2.69 bits per heavy atom. The van der Waals surface area contributed by atoms with E-state index in [9.17, 15) is 9.90 Å². The van der Waals surface area contributed by atoms with Crippen molar-refractivity contribution in [3.8, 4) is 0 Å². The van der Waals surface area contributed by atoms with Crippen molar-refractivity contribution in [1.82, 2.24) is 4.90 Å². The van der Waals surface area contributed by atoms with E-state index in [0.29, 0.717) is 35.1 Å². The molecule has 1 saturated heterocycles. The molecule has 5 heteroatoms. The van der Waals surface area contributed by atoms with Crippen LogP contribution in [0.15, 0.2) is 18.2 Å². The first-order valence-electron chi connectivity index (χ1n) is 5.00. The maximum atomic E-state index is 12.0. The van der Waals surface area contributed by atoms with Crippen LogP contribution >= 0.6 is 23.2 Å². The lowest BCUT2D eigenvalue weighted by Crippen LogP contribution is -2.29. The molecule has 1 aliphatic rings. The Morgan fingerprint density at radius 1 is 1.38 bits per heavy atom. The van der Waals surface area contributed by atoms with E-state index in [-0.39, 0.29) is 5.91 Å². The first-order valence-corrected chi connectivity index (χ1v) is 5.76. The van der Waals surface area contributed by atoms with Crippen molar-refractivity contribution >= 4 is 29.1 Å². The first kappa shape index (κ1) is 11.7. The molecule has 1 aliphatic heterocycles. The van der Waals surface area contributed by atoms with Crippen molar-refractivity contribution in [2.75, 3.05) is 13.1 Å².